The Balaban J connectivity index is 2.50. The van der Waals surface area contributed by atoms with Gasteiger partial charge in [0.1, 0.15) is 11.7 Å². The Labute approximate surface area is 121 Å². The molecule has 110 valence electrons. The molecule has 1 aromatic rings. The first-order valence-corrected chi connectivity index (χ1v) is 6.62. The first kappa shape index (κ1) is 14.8. The van der Waals surface area contributed by atoms with Gasteiger partial charge in [-0.05, 0) is 30.9 Å². The smallest absolute Gasteiger partial charge is 0.326 e. The molecule has 0 aliphatic carbocycles. The van der Waals surface area contributed by atoms with Crippen LogP contribution in [0, 0.1) is 27.4 Å². The number of nitro benzene ring substituents is 1. The van der Waals surface area contributed by atoms with Crippen molar-refractivity contribution in [2.24, 2.45) is 5.92 Å². The van der Waals surface area contributed by atoms with Crippen LogP contribution in [0.5, 0.6) is 0 Å². The van der Waals surface area contributed by atoms with Gasteiger partial charge in [-0.3, -0.25) is 10.1 Å². The highest BCUT2D eigenvalue weighted by molar-refractivity contribution is 5.81. The number of nitro groups is 1. The number of carboxylic acids is 1. The lowest BCUT2D eigenvalue weighted by molar-refractivity contribution is -0.384. The molecule has 7 heteroatoms. The van der Waals surface area contributed by atoms with Gasteiger partial charge >= 0.3 is 5.97 Å². The van der Waals surface area contributed by atoms with Gasteiger partial charge in [0.2, 0.25) is 0 Å². The lowest BCUT2D eigenvalue weighted by Crippen LogP contribution is -2.47. The Morgan fingerprint density at radius 2 is 2.29 bits per heavy atom. The lowest BCUT2D eigenvalue weighted by Gasteiger charge is -2.37. The highest BCUT2D eigenvalue weighted by Gasteiger charge is 2.35. The van der Waals surface area contributed by atoms with Crippen LogP contribution in [0.15, 0.2) is 18.2 Å². The summed E-state index contributed by atoms with van der Waals surface area (Å²) in [5, 5.41) is 29.5. The second-order valence-electron chi connectivity index (χ2n) is 5.25. The van der Waals surface area contributed by atoms with E-state index in [-0.39, 0.29) is 22.9 Å². The third-order valence-electron chi connectivity index (χ3n) is 3.76. The lowest BCUT2D eigenvalue weighted by atomic mass is 9.91. The third kappa shape index (κ3) is 2.94. The summed E-state index contributed by atoms with van der Waals surface area (Å²) in [5.41, 5.74) is 0.312. The number of carboxylic acid groups (broad SMARTS) is 1. The van der Waals surface area contributed by atoms with Gasteiger partial charge in [0.15, 0.2) is 0 Å². The van der Waals surface area contributed by atoms with E-state index in [0.29, 0.717) is 13.0 Å². The standard InChI is InChI=1S/C14H15N3O4/c1-9-4-5-16(13(6-9)14(18)19)12-7-10(8-15)2-3-11(12)17(20)21/h2-3,7,9,13H,4-6H2,1H3,(H,18,19). The summed E-state index contributed by atoms with van der Waals surface area (Å²) in [6.07, 6.45) is 1.20. The molecule has 0 radical (unpaired) electrons. The minimum absolute atomic E-state index is 0.171. The van der Waals surface area contributed by atoms with E-state index in [1.165, 1.54) is 23.1 Å². The SMILES string of the molecule is CC1CCN(c2cc(C#N)ccc2[N+](=O)[O-])C(C(=O)O)C1. The number of aliphatic carboxylic acids is 1. The van der Waals surface area contributed by atoms with Crippen LogP contribution in [0.4, 0.5) is 11.4 Å². The molecule has 2 rings (SSSR count). The molecule has 0 bridgehead atoms. The predicted molar refractivity (Wildman–Crippen MR) is 75.0 cm³/mol. The van der Waals surface area contributed by atoms with Crippen LogP contribution in [0.3, 0.4) is 0 Å². The predicted octanol–water partition coefficient (Wildman–Crippen LogP) is 2.16. The highest BCUT2D eigenvalue weighted by Crippen LogP contribution is 2.35. The average Bonchev–Trinajstić information content (AvgIpc) is 2.46. The van der Waals surface area contributed by atoms with Crippen LogP contribution in [0.2, 0.25) is 0 Å². The van der Waals surface area contributed by atoms with Crippen LogP contribution >= 0.6 is 0 Å². The van der Waals surface area contributed by atoms with E-state index in [0.717, 1.165) is 6.42 Å². The van der Waals surface area contributed by atoms with Gasteiger partial charge in [-0.1, -0.05) is 6.92 Å². The zero-order valence-corrected chi connectivity index (χ0v) is 11.5. The molecule has 7 nitrogen and oxygen atoms in total. The summed E-state index contributed by atoms with van der Waals surface area (Å²) in [7, 11) is 0. The Morgan fingerprint density at radius 3 is 2.86 bits per heavy atom. The summed E-state index contributed by atoms with van der Waals surface area (Å²) < 4.78 is 0. The van der Waals surface area contributed by atoms with Crippen molar-refractivity contribution in [1.82, 2.24) is 0 Å². The maximum atomic E-state index is 11.4. The fraction of sp³-hybridized carbons (Fsp3) is 0.429. The largest absolute Gasteiger partial charge is 0.480 e. The van der Waals surface area contributed by atoms with Crippen LogP contribution in [-0.2, 0) is 4.79 Å². The summed E-state index contributed by atoms with van der Waals surface area (Å²) in [4.78, 5) is 23.6. The van der Waals surface area contributed by atoms with Gasteiger partial charge in [0.05, 0.1) is 16.6 Å². The fourth-order valence-electron chi connectivity index (χ4n) is 2.64. The first-order chi connectivity index (χ1) is 9.93. The van der Waals surface area contributed by atoms with Crippen molar-refractivity contribution in [2.75, 3.05) is 11.4 Å². The normalized spacial score (nSPS) is 21.6. The Kier molecular flexibility index (Phi) is 4.08. The molecule has 1 fully saturated rings. The third-order valence-corrected chi connectivity index (χ3v) is 3.76. The van der Waals surface area contributed by atoms with Crippen molar-refractivity contribution < 1.29 is 14.8 Å². The summed E-state index contributed by atoms with van der Waals surface area (Å²) in [6, 6.07) is 5.14. The van der Waals surface area contributed by atoms with Gasteiger partial charge in [-0.15, -0.1) is 0 Å². The molecule has 1 N–H and O–H groups in total. The van der Waals surface area contributed by atoms with Crippen molar-refractivity contribution in [3.63, 3.8) is 0 Å². The van der Waals surface area contributed by atoms with Crippen molar-refractivity contribution in [3.8, 4) is 6.07 Å². The zero-order chi connectivity index (χ0) is 15.6. The molecule has 0 aromatic heterocycles. The molecule has 0 saturated carbocycles. The molecular weight excluding hydrogens is 274 g/mol. The van der Waals surface area contributed by atoms with Crippen LogP contribution in [0.25, 0.3) is 0 Å². The minimum atomic E-state index is -1.00. The average molecular weight is 289 g/mol. The van der Waals surface area contributed by atoms with Crippen LogP contribution in [-0.4, -0.2) is 28.6 Å². The Hall–Kier alpha value is -2.62. The molecule has 1 aliphatic heterocycles. The van der Waals surface area contributed by atoms with Gasteiger partial charge in [0.25, 0.3) is 5.69 Å². The van der Waals surface area contributed by atoms with E-state index in [1.807, 2.05) is 13.0 Å². The molecule has 1 aromatic carbocycles. The monoisotopic (exact) mass is 289 g/mol. The van der Waals surface area contributed by atoms with Crippen LogP contribution < -0.4 is 4.90 Å². The van der Waals surface area contributed by atoms with Gasteiger partial charge in [-0.2, -0.15) is 5.26 Å². The van der Waals surface area contributed by atoms with Gasteiger partial charge < -0.3 is 10.0 Å². The molecule has 2 unspecified atom stereocenters. The Bertz CT molecular complexity index is 623. The second kappa shape index (κ2) is 5.79. The topological polar surface area (TPSA) is 107 Å². The second-order valence-corrected chi connectivity index (χ2v) is 5.25. The van der Waals surface area contributed by atoms with Crippen molar-refractivity contribution in [3.05, 3.63) is 33.9 Å². The van der Waals surface area contributed by atoms with E-state index in [9.17, 15) is 20.0 Å². The van der Waals surface area contributed by atoms with E-state index in [2.05, 4.69) is 0 Å². The first-order valence-electron chi connectivity index (χ1n) is 6.62. The number of hydrogen-bond donors (Lipinski definition) is 1. The van der Waals surface area contributed by atoms with E-state index in [4.69, 9.17) is 5.26 Å². The number of hydrogen-bond acceptors (Lipinski definition) is 5. The van der Waals surface area contributed by atoms with Crippen molar-refractivity contribution in [2.45, 2.75) is 25.8 Å². The van der Waals surface area contributed by atoms with Gasteiger partial charge in [-0.25, -0.2) is 4.79 Å². The van der Waals surface area contributed by atoms with E-state index < -0.39 is 16.9 Å². The summed E-state index contributed by atoms with van der Waals surface area (Å²) >= 11 is 0. The van der Waals surface area contributed by atoms with Gasteiger partial charge in [0, 0.05) is 12.6 Å². The number of rotatable bonds is 3. The molecular formula is C14H15N3O4. The highest BCUT2D eigenvalue weighted by atomic mass is 16.6. The molecule has 1 aliphatic rings. The van der Waals surface area contributed by atoms with Crippen LogP contribution in [0.1, 0.15) is 25.3 Å². The molecule has 2 atom stereocenters. The van der Waals surface area contributed by atoms with E-state index >= 15 is 0 Å². The molecule has 0 spiro atoms. The number of nitriles is 1. The Morgan fingerprint density at radius 1 is 1.57 bits per heavy atom. The molecule has 1 saturated heterocycles. The summed E-state index contributed by atoms with van der Waals surface area (Å²) in [5.74, 6) is -0.751. The quantitative estimate of drug-likeness (QED) is 0.674. The number of carbonyl (C=O) groups is 1. The molecule has 0 amide bonds. The number of benzene rings is 1. The maximum Gasteiger partial charge on any atom is 0.326 e. The summed E-state index contributed by atoms with van der Waals surface area (Å²) in [6.45, 7) is 2.39. The number of piperidine rings is 1. The van der Waals surface area contributed by atoms with E-state index in [1.54, 1.807) is 0 Å². The molecule has 21 heavy (non-hydrogen) atoms. The molecule has 1 heterocycles. The van der Waals surface area contributed by atoms with Crippen molar-refractivity contribution >= 4 is 17.3 Å². The minimum Gasteiger partial charge on any atom is -0.480 e. The maximum absolute atomic E-state index is 11.4. The number of anilines is 1. The fourth-order valence-corrected chi connectivity index (χ4v) is 2.64. The zero-order valence-electron chi connectivity index (χ0n) is 11.5. The number of nitrogens with zero attached hydrogens (tertiary/aromatic N) is 3. The van der Waals surface area contributed by atoms with Crippen molar-refractivity contribution in [1.29, 1.82) is 5.26 Å².